The van der Waals surface area contributed by atoms with E-state index in [1.54, 1.807) is 7.11 Å². The summed E-state index contributed by atoms with van der Waals surface area (Å²) in [6.07, 6.45) is 1.54. The average Bonchev–Trinajstić information content (AvgIpc) is 3.06. The van der Waals surface area contributed by atoms with Crippen molar-refractivity contribution in [1.29, 1.82) is 0 Å². The Labute approximate surface area is 170 Å². The minimum absolute atomic E-state index is 0. The zero-order chi connectivity index (χ0) is 17.6. The van der Waals surface area contributed by atoms with E-state index < -0.39 is 0 Å². The molecule has 2 aromatic rings. The summed E-state index contributed by atoms with van der Waals surface area (Å²) < 4.78 is 5.18. The minimum atomic E-state index is 0. The van der Waals surface area contributed by atoms with Gasteiger partial charge in [-0.2, -0.15) is 0 Å². The maximum Gasteiger partial charge on any atom is 0.227 e. The van der Waals surface area contributed by atoms with Gasteiger partial charge in [-0.1, -0.05) is 18.2 Å². The van der Waals surface area contributed by atoms with Crippen molar-refractivity contribution < 1.29 is 9.53 Å². The van der Waals surface area contributed by atoms with E-state index in [1.165, 1.54) is 0 Å². The molecule has 0 bridgehead atoms. The molecule has 2 aromatic carbocycles. The van der Waals surface area contributed by atoms with E-state index >= 15 is 0 Å². The Morgan fingerprint density at radius 2 is 2.08 bits per heavy atom. The number of hydrogen-bond donors (Lipinski definition) is 2. The lowest BCUT2D eigenvalue weighted by Gasteiger charge is -2.16. The van der Waals surface area contributed by atoms with Gasteiger partial charge < -0.3 is 20.7 Å². The van der Waals surface area contributed by atoms with E-state index in [9.17, 15) is 4.79 Å². The standard InChI is InChI=1S/C19H22N4O2.HI/c1-25-17-8-3-6-15(12-17)22-19(20)21-13-14-5-2-7-16(11-14)23-10-4-9-18(23)24;/h2-3,5-8,11-12H,4,9-10,13H2,1H3,(H3,20,21,22);1H. The van der Waals surface area contributed by atoms with Crippen LogP contribution in [0.15, 0.2) is 53.5 Å². The Morgan fingerprint density at radius 1 is 1.27 bits per heavy atom. The summed E-state index contributed by atoms with van der Waals surface area (Å²) in [5.41, 5.74) is 8.71. The Hall–Kier alpha value is -2.29. The quantitative estimate of drug-likeness (QED) is 0.403. The molecule has 3 rings (SSSR count). The molecule has 1 saturated heterocycles. The fourth-order valence-corrected chi connectivity index (χ4v) is 2.81. The zero-order valence-corrected chi connectivity index (χ0v) is 17.0. The Kier molecular flexibility index (Phi) is 7.26. The van der Waals surface area contributed by atoms with Gasteiger partial charge in [0.15, 0.2) is 5.96 Å². The number of methoxy groups -OCH3 is 1. The third-order valence-electron chi connectivity index (χ3n) is 4.07. The number of nitrogens with one attached hydrogen (secondary N) is 1. The first-order valence-electron chi connectivity index (χ1n) is 8.26. The van der Waals surface area contributed by atoms with E-state index in [0.717, 1.165) is 35.7 Å². The van der Waals surface area contributed by atoms with Gasteiger partial charge in [0.05, 0.1) is 13.7 Å². The molecule has 6 nitrogen and oxygen atoms in total. The normalized spacial score (nSPS) is 14.1. The van der Waals surface area contributed by atoms with Crippen molar-refractivity contribution in [2.24, 2.45) is 10.7 Å². The Bertz CT molecular complexity index is 795. The highest BCUT2D eigenvalue weighted by molar-refractivity contribution is 14.0. The highest BCUT2D eigenvalue weighted by Crippen LogP contribution is 2.22. The second-order valence-electron chi connectivity index (χ2n) is 5.88. The van der Waals surface area contributed by atoms with Crippen LogP contribution < -0.4 is 20.7 Å². The molecule has 26 heavy (non-hydrogen) atoms. The van der Waals surface area contributed by atoms with E-state index in [2.05, 4.69) is 10.3 Å². The third kappa shape index (κ3) is 5.10. The Balaban J connectivity index is 0.00000243. The molecule has 1 aliphatic rings. The van der Waals surface area contributed by atoms with Crippen LogP contribution in [0.1, 0.15) is 18.4 Å². The number of halogens is 1. The molecule has 3 N–H and O–H groups in total. The second-order valence-corrected chi connectivity index (χ2v) is 5.88. The number of anilines is 2. The second kappa shape index (κ2) is 9.42. The largest absolute Gasteiger partial charge is 0.497 e. The predicted octanol–water partition coefficient (Wildman–Crippen LogP) is 3.37. The highest BCUT2D eigenvalue weighted by Gasteiger charge is 2.21. The number of aliphatic imine (C=N–C) groups is 1. The van der Waals surface area contributed by atoms with E-state index in [-0.39, 0.29) is 29.9 Å². The molecule has 1 aliphatic heterocycles. The molecule has 0 atom stereocenters. The SMILES string of the molecule is COc1cccc(NC(N)=NCc2cccc(N3CCCC3=O)c2)c1.I. The lowest BCUT2D eigenvalue weighted by Crippen LogP contribution is -2.24. The van der Waals surface area contributed by atoms with Crippen molar-refractivity contribution in [3.05, 3.63) is 54.1 Å². The van der Waals surface area contributed by atoms with Crippen LogP contribution in [0.3, 0.4) is 0 Å². The van der Waals surface area contributed by atoms with Crippen molar-refractivity contribution >= 4 is 47.2 Å². The molecule has 0 unspecified atom stereocenters. The van der Waals surface area contributed by atoms with Crippen LogP contribution in [-0.2, 0) is 11.3 Å². The van der Waals surface area contributed by atoms with Crippen LogP contribution in [0.4, 0.5) is 11.4 Å². The van der Waals surface area contributed by atoms with Crippen LogP contribution in [0.5, 0.6) is 5.75 Å². The van der Waals surface area contributed by atoms with Gasteiger partial charge in [-0.15, -0.1) is 24.0 Å². The fraction of sp³-hybridized carbons (Fsp3) is 0.263. The first-order chi connectivity index (χ1) is 12.2. The van der Waals surface area contributed by atoms with Gasteiger partial charge in [-0.25, -0.2) is 4.99 Å². The van der Waals surface area contributed by atoms with Crippen LogP contribution >= 0.6 is 24.0 Å². The molecular formula is C19H23IN4O2. The molecule has 1 heterocycles. The van der Waals surface area contributed by atoms with Gasteiger partial charge in [-0.3, -0.25) is 4.79 Å². The summed E-state index contributed by atoms with van der Waals surface area (Å²) in [6, 6.07) is 15.4. The Morgan fingerprint density at radius 3 is 2.81 bits per heavy atom. The van der Waals surface area contributed by atoms with Crippen LogP contribution in [-0.4, -0.2) is 25.5 Å². The third-order valence-corrected chi connectivity index (χ3v) is 4.07. The fourth-order valence-electron chi connectivity index (χ4n) is 2.81. The first kappa shape index (κ1) is 20.0. The molecule has 7 heteroatoms. The molecule has 0 radical (unpaired) electrons. The van der Waals surface area contributed by atoms with Crippen molar-refractivity contribution in [3.63, 3.8) is 0 Å². The van der Waals surface area contributed by atoms with Crippen LogP contribution in [0, 0.1) is 0 Å². The van der Waals surface area contributed by atoms with Gasteiger partial charge in [0.25, 0.3) is 0 Å². The highest BCUT2D eigenvalue weighted by atomic mass is 127. The molecule has 0 aromatic heterocycles. The minimum Gasteiger partial charge on any atom is -0.497 e. The molecule has 0 aliphatic carbocycles. The average molecular weight is 466 g/mol. The number of ether oxygens (including phenoxy) is 1. The van der Waals surface area contributed by atoms with Crippen molar-refractivity contribution in [2.45, 2.75) is 19.4 Å². The summed E-state index contributed by atoms with van der Waals surface area (Å²) in [6.45, 7) is 1.23. The van der Waals surface area contributed by atoms with Crippen LogP contribution in [0.25, 0.3) is 0 Å². The monoisotopic (exact) mass is 466 g/mol. The zero-order valence-electron chi connectivity index (χ0n) is 14.6. The van der Waals surface area contributed by atoms with Crippen molar-refractivity contribution in [1.82, 2.24) is 0 Å². The molecule has 0 spiro atoms. The maximum atomic E-state index is 11.9. The topological polar surface area (TPSA) is 80.0 Å². The van der Waals surface area contributed by atoms with E-state index in [0.29, 0.717) is 18.9 Å². The lowest BCUT2D eigenvalue weighted by molar-refractivity contribution is -0.117. The van der Waals surface area contributed by atoms with Gasteiger partial charge >= 0.3 is 0 Å². The molecular weight excluding hydrogens is 443 g/mol. The number of benzene rings is 2. The maximum absolute atomic E-state index is 11.9. The van der Waals surface area contributed by atoms with Crippen molar-refractivity contribution in [3.8, 4) is 5.75 Å². The predicted molar refractivity (Wildman–Crippen MR) is 115 cm³/mol. The van der Waals surface area contributed by atoms with E-state index in [1.807, 2.05) is 53.4 Å². The molecule has 1 fully saturated rings. The summed E-state index contributed by atoms with van der Waals surface area (Å²) in [4.78, 5) is 18.1. The number of nitrogens with two attached hydrogens (primary N) is 1. The number of guanidine groups is 1. The number of rotatable bonds is 5. The molecule has 0 saturated carbocycles. The lowest BCUT2D eigenvalue weighted by atomic mass is 10.2. The van der Waals surface area contributed by atoms with Gasteiger partial charge in [0.1, 0.15) is 5.75 Å². The summed E-state index contributed by atoms with van der Waals surface area (Å²) in [5.74, 6) is 1.26. The number of hydrogen-bond acceptors (Lipinski definition) is 3. The van der Waals surface area contributed by atoms with Gasteiger partial charge in [0, 0.05) is 30.4 Å². The molecule has 1 amide bonds. The summed E-state index contributed by atoms with van der Waals surface area (Å²) in [7, 11) is 1.62. The van der Waals surface area contributed by atoms with Gasteiger partial charge in [-0.05, 0) is 36.2 Å². The van der Waals surface area contributed by atoms with Crippen molar-refractivity contribution in [2.75, 3.05) is 23.9 Å². The first-order valence-corrected chi connectivity index (χ1v) is 8.26. The summed E-state index contributed by atoms with van der Waals surface area (Å²) >= 11 is 0. The summed E-state index contributed by atoms with van der Waals surface area (Å²) in [5, 5.41) is 3.05. The molecule has 138 valence electrons. The number of carbonyl (C=O) groups excluding carboxylic acids is 1. The smallest absolute Gasteiger partial charge is 0.227 e. The number of amides is 1. The number of nitrogens with zero attached hydrogens (tertiary/aromatic N) is 2. The van der Waals surface area contributed by atoms with E-state index in [4.69, 9.17) is 10.5 Å². The van der Waals surface area contributed by atoms with Gasteiger partial charge in [0.2, 0.25) is 5.91 Å². The number of carbonyl (C=O) groups is 1. The van der Waals surface area contributed by atoms with Crippen LogP contribution in [0.2, 0.25) is 0 Å².